The summed E-state index contributed by atoms with van der Waals surface area (Å²) in [6.45, 7) is 5.13. The van der Waals surface area contributed by atoms with Gasteiger partial charge in [0.15, 0.2) is 11.2 Å². The largest absolute Gasteiger partial charge is 0.330 e. The molecule has 0 amide bonds. The van der Waals surface area contributed by atoms with Crippen LogP contribution in [0.25, 0.3) is 11.2 Å². The molecule has 0 atom stereocenters. The number of H-pyrrole nitrogens is 1. The van der Waals surface area contributed by atoms with Crippen molar-refractivity contribution in [3.05, 3.63) is 62.6 Å². The van der Waals surface area contributed by atoms with Crippen LogP contribution >= 0.6 is 0 Å². The van der Waals surface area contributed by atoms with Crippen molar-refractivity contribution in [1.82, 2.24) is 19.1 Å². The lowest BCUT2D eigenvalue weighted by atomic mass is 10.1. The van der Waals surface area contributed by atoms with Crippen molar-refractivity contribution in [1.29, 1.82) is 0 Å². The second kappa shape index (κ2) is 6.86. The minimum absolute atomic E-state index is 0.388. The minimum atomic E-state index is -0.427. The maximum absolute atomic E-state index is 12.2. The number of hydrogen-bond donors (Lipinski definition) is 1. The first kappa shape index (κ1) is 16.2. The van der Waals surface area contributed by atoms with E-state index in [4.69, 9.17) is 0 Å². The Bertz CT molecular complexity index is 948. The third kappa shape index (κ3) is 3.04. The molecule has 6 nitrogen and oxygen atoms in total. The fourth-order valence-electron chi connectivity index (χ4n) is 2.88. The number of benzene rings is 1. The first-order chi connectivity index (χ1) is 11.6. The van der Waals surface area contributed by atoms with E-state index in [-0.39, 0.29) is 5.56 Å². The van der Waals surface area contributed by atoms with Gasteiger partial charge >= 0.3 is 5.69 Å². The zero-order valence-electron chi connectivity index (χ0n) is 14.1. The highest BCUT2D eigenvalue weighted by Crippen LogP contribution is 2.11. The van der Waals surface area contributed by atoms with Crippen LogP contribution < -0.4 is 11.2 Å². The molecule has 0 fully saturated rings. The summed E-state index contributed by atoms with van der Waals surface area (Å²) < 4.78 is 3.27. The molecule has 0 unspecified atom stereocenters. The molecule has 0 spiro atoms. The number of hydrogen-bond acceptors (Lipinski definition) is 3. The van der Waals surface area contributed by atoms with Crippen LogP contribution in [0, 0.1) is 0 Å². The first-order valence-corrected chi connectivity index (χ1v) is 8.39. The molecule has 1 N–H and O–H groups in total. The topological polar surface area (TPSA) is 72.7 Å². The molecule has 3 rings (SSSR count). The Labute approximate surface area is 139 Å². The molecule has 2 aromatic heterocycles. The molecule has 0 aliphatic carbocycles. The van der Waals surface area contributed by atoms with E-state index >= 15 is 0 Å². The van der Waals surface area contributed by atoms with Gasteiger partial charge in [0.2, 0.25) is 0 Å². The molecular weight excluding hydrogens is 304 g/mol. The lowest BCUT2D eigenvalue weighted by Crippen LogP contribution is -2.31. The number of nitrogens with zero attached hydrogens (tertiary/aromatic N) is 3. The Hall–Kier alpha value is -2.63. The van der Waals surface area contributed by atoms with Crippen LogP contribution in [0.1, 0.15) is 37.8 Å². The van der Waals surface area contributed by atoms with Gasteiger partial charge in [0, 0.05) is 6.54 Å². The summed E-state index contributed by atoms with van der Waals surface area (Å²) in [5, 5.41) is 0. The number of fused-ring (bicyclic) bond motifs is 1. The fourth-order valence-corrected chi connectivity index (χ4v) is 2.88. The molecule has 1 aromatic carbocycles. The van der Waals surface area contributed by atoms with Crippen LogP contribution in [-0.2, 0) is 19.5 Å². The van der Waals surface area contributed by atoms with E-state index in [1.807, 2.05) is 19.1 Å². The predicted molar refractivity (Wildman–Crippen MR) is 94.4 cm³/mol. The molecule has 2 heterocycles. The number of imidazole rings is 1. The third-order valence-corrected chi connectivity index (χ3v) is 4.28. The second-order valence-corrected chi connectivity index (χ2v) is 5.97. The lowest BCUT2D eigenvalue weighted by Gasteiger charge is -2.08. The molecule has 0 saturated heterocycles. The van der Waals surface area contributed by atoms with Crippen molar-refractivity contribution in [3.8, 4) is 0 Å². The van der Waals surface area contributed by atoms with E-state index in [1.165, 1.54) is 23.0 Å². The molecule has 0 saturated carbocycles. The van der Waals surface area contributed by atoms with E-state index in [2.05, 4.69) is 29.0 Å². The molecular formula is C18H22N4O2. The SMILES string of the molecule is CCCCc1ccc(Cn2c(=O)[nH]c(=O)c3c2ncn3CC)cc1. The first-order valence-electron chi connectivity index (χ1n) is 8.39. The maximum atomic E-state index is 12.2. The van der Waals surface area contributed by atoms with Crippen LogP contribution in [-0.4, -0.2) is 19.1 Å². The van der Waals surface area contributed by atoms with Gasteiger partial charge in [0.05, 0.1) is 12.9 Å². The highest BCUT2D eigenvalue weighted by atomic mass is 16.2. The summed E-state index contributed by atoms with van der Waals surface area (Å²) in [7, 11) is 0. The number of nitrogens with one attached hydrogen (secondary N) is 1. The highest BCUT2D eigenvalue weighted by molar-refractivity contribution is 5.69. The Morgan fingerprint density at radius 2 is 1.79 bits per heavy atom. The summed E-state index contributed by atoms with van der Waals surface area (Å²) in [5.41, 5.74) is 2.37. The molecule has 24 heavy (non-hydrogen) atoms. The average molecular weight is 326 g/mol. The zero-order valence-corrected chi connectivity index (χ0v) is 14.1. The fraction of sp³-hybridized carbons (Fsp3) is 0.389. The van der Waals surface area contributed by atoms with Crippen LogP contribution in [0.5, 0.6) is 0 Å². The highest BCUT2D eigenvalue weighted by Gasteiger charge is 2.13. The van der Waals surface area contributed by atoms with Crippen molar-refractivity contribution in [2.75, 3.05) is 0 Å². The summed E-state index contributed by atoms with van der Waals surface area (Å²) >= 11 is 0. The number of aromatic amines is 1. The number of unbranched alkanes of at least 4 members (excludes halogenated alkanes) is 1. The van der Waals surface area contributed by atoms with Crippen LogP contribution in [0.15, 0.2) is 40.2 Å². The monoisotopic (exact) mass is 326 g/mol. The van der Waals surface area contributed by atoms with Gasteiger partial charge in [-0.15, -0.1) is 0 Å². The van der Waals surface area contributed by atoms with Gasteiger partial charge in [-0.25, -0.2) is 9.78 Å². The standard InChI is InChI=1S/C18H22N4O2/c1-3-5-6-13-7-9-14(10-8-13)11-22-16-15(17(23)20-18(22)24)21(4-2)12-19-16/h7-10,12H,3-6,11H2,1-2H3,(H,20,23,24). The van der Waals surface area contributed by atoms with Crippen LogP contribution in [0.2, 0.25) is 0 Å². The van der Waals surface area contributed by atoms with Gasteiger partial charge in [-0.1, -0.05) is 37.6 Å². The minimum Gasteiger partial charge on any atom is -0.325 e. The van der Waals surface area contributed by atoms with Gasteiger partial charge in [-0.3, -0.25) is 14.3 Å². The summed E-state index contributed by atoms with van der Waals surface area (Å²) in [6.07, 6.45) is 5.02. The van der Waals surface area contributed by atoms with Gasteiger partial charge in [-0.2, -0.15) is 0 Å². The van der Waals surface area contributed by atoms with Gasteiger partial charge < -0.3 is 4.57 Å². The predicted octanol–water partition coefficient (Wildman–Crippen LogP) is 2.30. The number of aromatic nitrogens is 4. The second-order valence-electron chi connectivity index (χ2n) is 5.97. The van der Waals surface area contributed by atoms with E-state index in [0.29, 0.717) is 24.3 Å². The van der Waals surface area contributed by atoms with E-state index in [9.17, 15) is 9.59 Å². The van der Waals surface area contributed by atoms with E-state index in [0.717, 1.165) is 12.0 Å². The van der Waals surface area contributed by atoms with Crippen molar-refractivity contribution in [2.24, 2.45) is 0 Å². The van der Waals surface area contributed by atoms with Gasteiger partial charge in [0.1, 0.15) is 0 Å². The van der Waals surface area contributed by atoms with Crippen molar-refractivity contribution >= 4 is 11.2 Å². The average Bonchev–Trinajstić information content (AvgIpc) is 3.02. The molecule has 6 heteroatoms. The quantitative estimate of drug-likeness (QED) is 0.755. The molecule has 0 radical (unpaired) electrons. The van der Waals surface area contributed by atoms with Gasteiger partial charge in [0.25, 0.3) is 5.56 Å². The maximum Gasteiger partial charge on any atom is 0.330 e. The van der Waals surface area contributed by atoms with E-state index < -0.39 is 5.69 Å². The summed E-state index contributed by atoms with van der Waals surface area (Å²) in [4.78, 5) is 30.9. The van der Waals surface area contributed by atoms with Gasteiger partial charge in [-0.05, 0) is 30.9 Å². The van der Waals surface area contributed by atoms with Crippen LogP contribution in [0.4, 0.5) is 0 Å². The Morgan fingerprint density at radius 3 is 2.46 bits per heavy atom. The number of aryl methyl sites for hydroxylation is 2. The van der Waals surface area contributed by atoms with Crippen molar-refractivity contribution in [2.45, 2.75) is 46.2 Å². The summed E-state index contributed by atoms with van der Waals surface area (Å²) in [6, 6.07) is 8.27. The van der Waals surface area contributed by atoms with E-state index in [1.54, 1.807) is 10.9 Å². The smallest absolute Gasteiger partial charge is 0.325 e. The van der Waals surface area contributed by atoms with Crippen LogP contribution in [0.3, 0.4) is 0 Å². The Kier molecular flexibility index (Phi) is 4.64. The Morgan fingerprint density at radius 1 is 1.08 bits per heavy atom. The molecule has 126 valence electrons. The lowest BCUT2D eigenvalue weighted by molar-refractivity contribution is 0.741. The number of rotatable bonds is 6. The summed E-state index contributed by atoms with van der Waals surface area (Å²) in [5.74, 6) is 0. The molecule has 0 aliphatic heterocycles. The molecule has 3 aromatic rings. The Balaban J connectivity index is 1.97. The third-order valence-electron chi connectivity index (χ3n) is 4.28. The molecule has 0 aliphatic rings. The molecule has 0 bridgehead atoms. The zero-order chi connectivity index (χ0) is 17.1. The van der Waals surface area contributed by atoms with Crippen molar-refractivity contribution < 1.29 is 0 Å². The normalized spacial score (nSPS) is 11.2. The van der Waals surface area contributed by atoms with Crippen molar-refractivity contribution in [3.63, 3.8) is 0 Å².